The fourth-order valence-corrected chi connectivity index (χ4v) is 2.89. The van der Waals surface area contributed by atoms with Crippen molar-refractivity contribution in [2.24, 2.45) is 5.73 Å². The highest BCUT2D eigenvalue weighted by atomic mass is 35.5. The van der Waals surface area contributed by atoms with Crippen LogP contribution in [-0.2, 0) is 10.0 Å². The highest BCUT2D eigenvalue weighted by Gasteiger charge is 2.15. The second kappa shape index (κ2) is 6.01. The van der Waals surface area contributed by atoms with Crippen LogP contribution in [0.25, 0.3) is 0 Å². The summed E-state index contributed by atoms with van der Waals surface area (Å²) in [6.07, 6.45) is 0. The van der Waals surface area contributed by atoms with E-state index in [1.54, 1.807) is 19.1 Å². The van der Waals surface area contributed by atoms with Crippen LogP contribution in [0.1, 0.15) is 18.5 Å². The Hall–Kier alpha value is -1.63. The van der Waals surface area contributed by atoms with E-state index in [0.29, 0.717) is 0 Å². The first-order valence-corrected chi connectivity index (χ1v) is 7.99. The summed E-state index contributed by atoms with van der Waals surface area (Å²) in [6.45, 7) is 1.80. The van der Waals surface area contributed by atoms with Gasteiger partial charge in [0.15, 0.2) is 0 Å². The SMILES string of the molecule is CC(N)c1ccc(S(=O)(=O)Nc2ccc(Cl)c(F)c2)cc1. The average Bonchev–Trinajstić information content (AvgIpc) is 2.43. The third-order valence-electron chi connectivity index (χ3n) is 2.89. The van der Waals surface area contributed by atoms with Gasteiger partial charge in [-0.1, -0.05) is 23.7 Å². The number of nitrogens with two attached hydrogens (primary N) is 1. The second-order valence-electron chi connectivity index (χ2n) is 4.59. The molecule has 0 radical (unpaired) electrons. The molecule has 0 aliphatic carbocycles. The molecule has 0 saturated carbocycles. The van der Waals surface area contributed by atoms with Gasteiger partial charge in [0.25, 0.3) is 10.0 Å². The van der Waals surface area contributed by atoms with E-state index < -0.39 is 15.8 Å². The maximum atomic E-state index is 13.3. The van der Waals surface area contributed by atoms with Crippen LogP contribution >= 0.6 is 11.6 Å². The van der Waals surface area contributed by atoms with Gasteiger partial charge in [-0.25, -0.2) is 12.8 Å². The molecule has 0 aliphatic heterocycles. The average molecular weight is 329 g/mol. The van der Waals surface area contributed by atoms with Crippen LogP contribution in [0.15, 0.2) is 47.4 Å². The summed E-state index contributed by atoms with van der Waals surface area (Å²) in [6, 6.07) is 9.70. The zero-order valence-electron chi connectivity index (χ0n) is 11.2. The summed E-state index contributed by atoms with van der Waals surface area (Å²) in [7, 11) is -3.79. The van der Waals surface area contributed by atoms with E-state index in [0.717, 1.165) is 11.6 Å². The summed E-state index contributed by atoms with van der Waals surface area (Å²) < 4.78 is 40.0. The highest BCUT2D eigenvalue weighted by Crippen LogP contribution is 2.22. The number of sulfonamides is 1. The lowest BCUT2D eigenvalue weighted by Crippen LogP contribution is -2.13. The Balaban J connectivity index is 2.27. The molecule has 112 valence electrons. The minimum absolute atomic E-state index is 0.0702. The molecular weight excluding hydrogens is 315 g/mol. The minimum Gasteiger partial charge on any atom is -0.324 e. The largest absolute Gasteiger partial charge is 0.324 e. The molecule has 0 heterocycles. The van der Waals surface area contributed by atoms with Gasteiger partial charge in [-0.3, -0.25) is 4.72 Å². The van der Waals surface area contributed by atoms with Gasteiger partial charge in [0.2, 0.25) is 0 Å². The number of nitrogens with one attached hydrogen (secondary N) is 1. The first kappa shape index (κ1) is 15.8. The Morgan fingerprint density at radius 1 is 1.19 bits per heavy atom. The van der Waals surface area contributed by atoms with Crippen molar-refractivity contribution in [3.63, 3.8) is 0 Å². The van der Waals surface area contributed by atoms with E-state index in [9.17, 15) is 12.8 Å². The Bertz CT molecular complexity index is 746. The molecule has 2 rings (SSSR count). The quantitative estimate of drug-likeness (QED) is 0.904. The van der Waals surface area contributed by atoms with Gasteiger partial charge in [-0.05, 0) is 42.8 Å². The minimum atomic E-state index is -3.79. The van der Waals surface area contributed by atoms with E-state index in [-0.39, 0.29) is 21.6 Å². The Labute approximate surface area is 127 Å². The van der Waals surface area contributed by atoms with Crippen LogP contribution in [0, 0.1) is 5.82 Å². The van der Waals surface area contributed by atoms with Gasteiger partial charge in [-0.2, -0.15) is 0 Å². The van der Waals surface area contributed by atoms with Gasteiger partial charge >= 0.3 is 0 Å². The molecule has 0 aliphatic rings. The van der Waals surface area contributed by atoms with Crippen molar-refractivity contribution in [3.8, 4) is 0 Å². The third-order valence-corrected chi connectivity index (χ3v) is 4.59. The molecule has 2 aromatic rings. The molecule has 2 aromatic carbocycles. The fraction of sp³-hybridized carbons (Fsp3) is 0.143. The van der Waals surface area contributed by atoms with Gasteiger partial charge in [-0.15, -0.1) is 0 Å². The molecule has 0 spiro atoms. The predicted octanol–water partition coefficient (Wildman–Crippen LogP) is 3.30. The molecule has 3 N–H and O–H groups in total. The van der Waals surface area contributed by atoms with Crippen LogP contribution in [0.3, 0.4) is 0 Å². The Morgan fingerprint density at radius 2 is 1.81 bits per heavy atom. The third kappa shape index (κ3) is 3.72. The fourth-order valence-electron chi connectivity index (χ4n) is 1.72. The smallest absolute Gasteiger partial charge is 0.261 e. The summed E-state index contributed by atoms with van der Waals surface area (Å²) in [5.74, 6) is -0.691. The van der Waals surface area contributed by atoms with Gasteiger partial charge in [0, 0.05) is 6.04 Å². The molecule has 4 nitrogen and oxygen atoms in total. The van der Waals surface area contributed by atoms with Crippen molar-refractivity contribution in [3.05, 3.63) is 58.9 Å². The maximum Gasteiger partial charge on any atom is 0.261 e. The second-order valence-corrected chi connectivity index (χ2v) is 6.68. The summed E-state index contributed by atoms with van der Waals surface area (Å²) in [5, 5.41) is -0.0702. The number of hydrogen-bond donors (Lipinski definition) is 2. The van der Waals surface area contributed by atoms with Crippen LogP contribution < -0.4 is 10.5 Å². The number of benzene rings is 2. The van der Waals surface area contributed by atoms with Crippen molar-refractivity contribution < 1.29 is 12.8 Å². The molecular formula is C14H14ClFN2O2S. The van der Waals surface area contributed by atoms with E-state index in [4.69, 9.17) is 17.3 Å². The molecule has 1 atom stereocenters. The lowest BCUT2D eigenvalue weighted by molar-refractivity contribution is 0.601. The first-order chi connectivity index (χ1) is 9.79. The lowest BCUT2D eigenvalue weighted by atomic mass is 10.1. The van der Waals surface area contributed by atoms with Crippen LogP contribution in [0.5, 0.6) is 0 Å². The standard InChI is InChI=1S/C14H14ClFN2O2S/c1-9(17)10-2-5-12(6-3-10)21(19,20)18-11-4-7-13(15)14(16)8-11/h2-9,18H,17H2,1H3. The van der Waals surface area contributed by atoms with Crippen molar-refractivity contribution in [1.29, 1.82) is 0 Å². The molecule has 0 fully saturated rings. The Morgan fingerprint density at radius 3 is 2.33 bits per heavy atom. The van der Waals surface area contributed by atoms with E-state index in [1.165, 1.54) is 24.3 Å². The number of anilines is 1. The number of rotatable bonds is 4. The van der Waals surface area contributed by atoms with E-state index in [2.05, 4.69) is 4.72 Å². The zero-order valence-corrected chi connectivity index (χ0v) is 12.7. The Kier molecular flexibility index (Phi) is 4.51. The van der Waals surface area contributed by atoms with Crippen LogP contribution in [-0.4, -0.2) is 8.42 Å². The van der Waals surface area contributed by atoms with Crippen LogP contribution in [0.4, 0.5) is 10.1 Å². The van der Waals surface area contributed by atoms with Crippen molar-refractivity contribution in [1.82, 2.24) is 0 Å². The van der Waals surface area contributed by atoms with E-state index >= 15 is 0 Å². The van der Waals surface area contributed by atoms with E-state index in [1.807, 2.05) is 0 Å². The summed E-state index contributed by atoms with van der Waals surface area (Å²) in [5.41, 5.74) is 6.64. The summed E-state index contributed by atoms with van der Waals surface area (Å²) >= 11 is 5.55. The molecule has 21 heavy (non-hydrogen) atoms. The topological polar surface area (TPSA) is 72.2 Å². The highest BCUT2D eigenvalue weighted by molar-refractivity contribution is 7.92. The van der Waals surface area contributed by atoms with Crippen molar-refractivity contribution in [2.75, 3.05) is 4.72 Å². The first-order valence-electron chi connectivity index (χ1n) is 6.13. The van der Waals surface area contributed by atoms with Gasteiger partial charge < -0.3 is 5.73 Å². The number of hydrogen-bond acceptors (Lipinski definition) is 3. The van der Waals surface area contributed by atoms with Gasteiger partial charge in [0.05, 0.1) is 15.6 Å². The maximum absolute atomic E-state index is 13.3. The molecule has 0 aromatic heterocycles. The normalized spacial score (nSPS) is 13.0. The molecule has 0 saturated heterocycles. The lowest BCUT2D eigenvalue weighted by Gasteiger charge is -2.10. The van der Waals surface area contributed by atoms with Gasteiger partial charge in [0.1, 0.15) is 5.82 Å². The predicted molar refractivity (Wildman–Crippen MR) is 81.3 cm³/mol. The monoisotopic (exact) mass is 328 g/mol. The summed E-state index contributed by atoms with van der Waals surface area (Å²) in [4.78, 5) is 0.0715. The molecule has 0 amide bonds. The molecule has 0 bridgehead atoms. The number of halogens is 2. The molecule has 1 unspecified atom stereocenters. The molecule has 7 heteroatoms. The zero-order chi connectivity index (χ0) is 15.6. The van der Waals surface area contributed by atoms with Crippen molar-refractivity contribution in [2.45, 2.75) is 17.9 Å². The van der Waals surface area contributed by atoms with Crippen LogP contribution in [0.2, 0.25) is 5.02 Å². The van der Waals surface area contributed by atoms with Crippen molar-refractivity contribution >= 4 is 27.3 Å².